The normalized spacial score (nSPS) is 27.0. The van der Waals surface area contributed by atoms with Crippen molar-refractivity contribution in [3.05, 3.63) is 0 Å². The SMILES string of the molecule is CC[C@H](C)[C@@H]1NC(=O)[C@H](C)NC(=O)CCCCNC(=O)[C@@H]2CCCN2C(=O)[C@H]([C@@H](C)CC)NC(=O)[C@@H](NC(=O)[C@@H](NC(=O)[C@@H]2C[C@@H]3CCCC[C@@H]3N2)[C@@H](C)CC)CSSC[C@@H](C(=O)N[C@@H](CO)C(=O)N[C@@H](CCCN=C(N)N)C(=O)N[C@@H](CO)C(=O)N[C@@H](C)C(=O)N2CCC[C@H]2C=O)NC1=O. The summed E-state index contributed by atoms with van der Waals surface area (Å²) in [5.74, 6) is -11.9. The summed E-state index contributed by atoms with van der Waals surface area (Å²) in [5, 5.41) is 53.8. The second kappa shape index (κ2) is 42.3. The smallest absolute Gasteiger partial charge is 0.246 e. The number of guanidine groups is 1. The molecule has 1 saturated carbocycles. The first-order valence-electron chi connectivity index (χ1n) is 35.8. The monoisotopic (exact) mass is 1460 g/mol. The van der Waals surface area contributed by atoms with Crippen LogP contribution in [-0.2, 0) is 67.1 Å². The molecule has 0 aromatic heterocycles. The molecule has 33 nitrogen and oxygen atoms in total. The van der Waals surface area contributed by atoms with Crippen LogP contribution in [-0.4, -0.2) is 245 Å². The number of carbonyl (C=O) groups excluding carboxylic acids is 14. The molecule has 35 heteroatoms. The fraction of sp³-hybridized carbons (Fsp3) is 0.773. The van der Waals surface area contributed by atoms with E-state index in [-0.39, 0.29) is 74.9 Å². The van der Waals surface area contributed by atoms with Gasteiger partial charge >= 0.3 is 0 Å². The number of aliphatic hydroxyl groups is 2. The van der Waals surface area contributed by atoms with Gasteiger partial charge in [0.05, 0.1) is 25.3 Å². The summed E-state index contributed by atoms with van der Waals surface area (Å²) < 4.78 is 0. The van der Waals surface area contributed by atoms with Crippen molar-refractivity contribution < 1.29 is 77.3 Å². The molecule has 13 amide bonds. The van der Waals surface area contributed by atoms with E-state index in [0.29, 0.717) is 76.4 Å². The highest BCUT2D eigenvalue weighted by atomic mass is 33.1. The molecular weight excluding hydrogens is 1350 g/mol. The number of aliphatic hydroxyl groups excluding tert-OH is 2. The Hall–Kier alpha value is -7.37. The van der Waals surface area contributed by atoms with Crippen LogP contribution in [0, 0.1) is 23.7 Å². The van der Waals surface area contributed by atoms with Crippen molar-refractivity contribution in [1.82, 2.24) is 73.6 Å². The summed E-state index contributed by atoms with van der Waals surface area (Å²) >= 11 is 0. The summed E-state index contributed by atoms with van der Waals surface area (Å²) in [6.45, 7) is 11.9. The average molecular weight is 1460 g/mol. The van der Waals surface area contributed by atoms with E-state index in [2.05, 4.69) is 68.8 Å². The van der Waals surface area contributed by atoms with E-state index >= 15 is 4.79 Å². The maximum absolute atomic E-state index is 15.0. The van der Waals surface area contributed by atoms with Crippen LogP contribution < -0.4 is 75.3 Å². The molecule has 18 atom stereocenters. The zero-order valence-corrected chi connectivity index (χ0v) is 61.2. The second-order valence-corrected chi connectivity index (χ2v) is 29.8. The number of nitrogens with one attached hydrogen (secondary N) is 12. The van der Waals surface area contributed by atoms with E-state index in [4.69, 9.17) is 11.5 Å². The number of nitrogens with two attached hydrogens (primary N) is 2. The van der Waals surface area contributed by atoms with Gasteiger partial charge in [-0.05, 0) is 108 Å². The van der Waals surface area contributed by atoms with Crippen LogP contribution in [0.5, 0.6) is 0 Å². The van der Waals surface area contributed by atoms with Gasteiger partial charge in [0.1, 0.15) is 72.7 Å². The van der Waals surface area contributed by atoms with Crippen LogP contribution in [0.4, 0.5) is 0 Å². The highest BCUT2D eigenvalue weighted by molar-refractivity contribution is 8.76. The second-order valence-electron chi connectivity index (χ2n) is 27.2. The number of aldehydes is 1. The van der Waals surface area contributed by atoms with E-state index in [1.165, 1.54) is 23.6 Å². The fourth-order valence-electron chi connectivity index (χ4n) is 12.9. The third-order valence-electron chi connectivity index (χ3n) is 19.8. The molecule has 568 valence electrons. The molecule has 0 aromatic carbocycles. The number of amides is 13. The third kappa shape index (κ3) is 25.2. The van der Waals surface area contributed by atoms with Crippen LogP contribution in [0.3, 0.4) is 0 Å². The molecule has 1 aliphatic carbocycles. The number of hydrogen-bond donors (Lipinski definition) is 16. The highest BCUT2D eigenvalue weighted by Crippen LogP contribution is 2.34. The molecule has 101 heavy (non-hydrogen) atoms. The number of carbonyl (C=O) groups is 14. The van der Waals surface area contributed by atoms with Gasteiger partial charge in [0.25, 0.3) is 0 Å². The Kier molecular flexibility index (Phi) is 35.3. The van der Waals surface area contributed by atoms with Crippen LogP contribution in [0.25, 0.3) is 0 Å². The maximum atomic E-state index is 15.0. The zero-order chi connectivity index (χ0) is 74.6. The van der Waals surface area contributed by atoms with Gasteiger partial charge in [0, 0.05) is 50.1 Å². The molecule has 4 aliphatic heterocycles. The minimum Gasteiger partial charge on any atom is -0.394 e. The number of fused-ring (bicyclic) bond motifs is 2. The molecule has 0 radical (unpaired) electrons. The molecule has 5 aliphatic rings. The van der Waals surface area contributed by atoms with Gasteiger partial charge in [-0.15, -0.1) is 0 Å². The largest absolute Gasteiger partial charge is 0.394 e. The molecular formula is C66H111N17O16S2. The predicted molar refractivity (Wildman–Crippen MR) is 378 cm³/mol. The number of nitrogens with zero attached hydrogens (tertiary/aromatic N) is 3. The minimum absolute atomic E-state index is 0.0272. The Labute approximate surface area is 599 Å². The van der Waals surface area contributed by atoms with E-state index in [9.17, 15) is 72.5 Å². The van der Waals surface area contributed by atoms with E-state index < -0.39 is 180 Å². The Bertz CT molecular complexity index is 2900. The van der Waals surface area contributed by atoms with Crippen LogP contribution >= 0.6 is 21.6 Å². The molecule has 0 aromatic rings. The lowest BCUT2D eigenvalue weighted by molar-refractivity contribution is -0.143. The quantitative estimate of drug-likeness (QED) is 0.0134. The van der Waals surface area contributed by atoms with E-state index in [0.717, 1.165) is 47.3 Å². The van der Waals surface area contributed by atoms with Crippen molar-refractivity contribution in [3.63, 3.8) is 0 Å². The first-order valence-corrected chi connectivity index (χ1v) is 38.2. The number of hydrogen-bond acceptors (Lipinski definition) is 20. The van der Waals surface area contributed by atoms with Gasteiger partial charge in [-0.25, -0.2) is 0 Å². The molecule has 0 spiro atoms. The zero-order valence-electron chi connectivity index (χ0n) is 59.6. The predicted octanol–water partition coefficient (Wildman–Crippen LogP) is -3.17. The van der Waals surface area contributed by atoms with Gasteiger partial charge in [-0.1, -0.05) is 95.2 Å². The Morgan fingerprint density at radius 2 is 1.28 bits per heavy atom. The van der Waals surface area contributed by atoms with Crippen LogP contribution in [0.1, 0.15) is 165 Å². The number of aliphatic imine (C=N–C) groups is 1. The molecule has 4 saturated heterocycles. The maximum Gasteiger partial charge on any atom is 0.246 e. The first kappa shape index (κ1) is 84.3. The minimum atomic E-state index is -1.87. The third-order valence-corrected chi connectivity index (χ3v) is 22.2. The summed E-state index contributed by atoms with van der Waals surface area (Å²) in [6.07, 6.45) is 8.65. The van der Waals surface area contributed by atoms with Crippen molar-refractivity contribution in [2.75, 3.05) is 50.9 Å². The van der Waals surface area contributed by atoms with Crippen LogP contribution in [0.2, 0.25) is 0 Å². The number of rotatable bonds is 26. The Morgan fingerprint density at radius 3 is 1.94 bits per heavy atom. The lowest BCUT2D eigenvalue weighted by Gasteiger charge is -2.33. The van der Waals surface area contributed by atoms with Gasteiger partial charge in [-0.3, -0.25) is 67.3 Å². The van der Waals surface area contributed by atoms with Crippen molar-refractivity contribution in [2.24, 2.45) is 40.1 Å². The van der Waals surface area contributed by atoms with Crippen molar-refractivity contribution >= 4 is 111 Å². The fourth-order valence-corrected chi connectivity index (χ4v) is 15.3. The lowest BCUT2D eigenvalue weighted by atomic mass is 9.85. The average Bonchev–Trinajstić information content (AvgIpc) is 1.57. The van der Waals surface area contributed by atoms with Gasteiger partial charge in [-0.2, -0.15) is 0 Å². The molecule has 5 fully saturated rings. The Morgan fingerprint density at radius 1 is 0.653 bits per heavy atom. The number of likely N-dealkylation sites (tertiary alicyclic amines) is 1. The van der Waals surface area contributed by atoms with Crippen molar-refractivity contribution in [3.8, 4) is 0 Å². The van der Waals surface area contributed by atoms with Crippen molar-refractivity contribution in [1.29, 1.82) is 0 Å². The topological polar surface area (TPSA) is 495 Å². The molecule has 4 heterocycles. The van der Waals surface area contributed by atoms with E-state index in [1.54, 1.807) is 27.7 Å². The summed E-state index contributed by atoms with van der Waals surface area (Å²) in [6, 6.07) is -16.2. The Balaban J connectivity index is 1.47. The van der Waals surface area contributed by atoms with Gasteiger partial charge < -0.3 is 100 Å². The molecule has 0 bridgehead atoms. The highest BCUT2D eigenvalue weighted by Gasteiger charge is 2.44. The summed E-state index contributed by atoms with van der Waals surface area (Å²) in [7, 11) is 1.88. The van der Waals surface area contributed by atoms with Gasteiger partial charge in [0.15, 0.2) is 5.96 Å². The standard InChI is InChI=1S/C66H111N17O16S2/c1-9-35(4)51-62(96)77-47(59(93)76-46(32-86)58(92)74-43(22-16-26-70-66(67)68)55(89)75-45(31-85)57(91)72-39(8)64(98)82-27-17-20-41(82)30-84)33-100-101-34-48(78-63(97)52(36(5)10-2)80-56(90)44-29-40-19-12-13-21-42(40)73-44)60(94)81-53(37(6)11-3)65(99)83-28-18-23-49(83)61(95)69-25-15-14-24-50(87)71-38(7)54(88)79-51/h30,35-49,51-53,73,85-86H,9-29,31-34H2,1-8H3,(H,69,95)(H,71,87)(H,72,91)(H,74,92)(H,75,89)(H,76,93)(H,77,96)(H,78,97)(H,79,88)(H,80,90)(H,81,94)(H4,67,68,70)/t35-,36-,37-,38-,39-,40-,41-,42-,43-,44-,45-,46-,47-,48-,49-,51-,52-,53-/m0/s1. The summed E-state index contributed by atoms with van der Waals surface area (Å²) in [5.41, 5.74) is 11.1. The molecule has 18 N–H and O–H groups in total. The van der Waals surface area contributed by atoms with Gasteiger partial charge in [0.2, 0.25) is 76.8 Å². The van der Waals surface area contributed by atoms with E-state index in [1.807, 2.05) is 13.8 Å². The van der Waals surface area contributed by atoms with Crippen molar-refractivity contribution in [2.45, 2.75) is 249 Å². The lowest BCUT2D eigenvalue weighted by Crippen LogP contribution is -2.61. The summed E-state index contributed by atoms with van der Waals surface area (Å²) in [4.78, 5) is 202. The molecule has 5 rings (SSSR count). The first-order chi connectivity index (χ1) is 48.1. The molecule has 0 unspecified atom stereocenters. The van der Waals surface area contributed by atoms with Crippen LogP contribution in [0.15, 0.2) is 4.99 Å².